The number of guanidine groups is 1. The Bertz CT molecular complexity index is 2050. The maximum Gasteiger partial charge on any atom is 0.246 e. The molecular formula is C49H88N18O6. The van der Waals surface area contributed by atoms with Crippen LogP contribution in [0.2, 0.25) is 0 Å². The van der Waals surface area contributed by atoms with Crippen LogP contribution in [0.5, 0.6) is 0 Å². The second kappa shape index (κ2) is 33.3. The van der Waals surface area contributed by atoms with Gasteiger partial charge in [-0.05, 0) is 90.8 Å². The zero-order valence-corrected chi connectivity index (χ0v) is 43.2. The van der Waals surface area contributed by atoms with Crippen LogP contribution in [0.15, 0.2) is 90.7 Å². The molecule has 2 heterocycles. The number of aromatic nitrogens is 2. The van der Waals surface area contributed by atoms with Gasteiger partial charge in [0.05, 0.1) is 48.5 Å². The minimum atomic E-state index is -1.25. The first-order valence-electron chi connectivity index (χ1n) is 25.0. The molecule has 1 aromatic rings. The van der Waals surface area contributed by atoms with Crippen molar-refractivity contribution in [2.24, 2.45) is 52.2 Å². The smallest absolute Gasteiger partial charge is 0.246 e. The molecule has 73 heavy (non-hydrogen) atoms. The molecule has 2 rings (SSSR count). The number of hydrogen-bond acceptors (Lipinski definition) is 17. The first-order valence-corrected chi connectivity index (χ1v) is 25.0. The number of aryl methyl sites for hydroxylation is 1. The topological polar surface area (TPSA) is 409 Å². The number of rotatable bonds is 38. The number of hydrogen-bond donors (Lipinski definition) is 16. The highest BCUT2D eigenvalue weighted by molar-refractivity contribution is 5.85. The highest BCUT2D eigenvalue weighted by Gasteiger charge is 2.36. The SMILES string of the molecule is C=C(O)/C(=C/CCN=C(N)N)NC(=O)[C@H](CCCCN)NC(=C)[C@H](Cc1cn(C)cn1)NC(=O)[C@@H]1CCCN1C(=C)[C@@H](CCCN)NC(=O)CNC(=C)[C@H](C)NC(=O)[C@@H](NC(=C)[C@@H](N)CCCCN)[C@@H](O)CN. The number of carbonyl (C=O) groups is 4. The van der Waals surface area contributed by atoms with E-state index in [1.165, 1.54) is 0 Å². The summed E-state index contributed by atoms with van der Waals surface area (Å²) in [6.45, 7) is 23.5. The average molecular weight is 1030 g/mol. The van der Waals surface area contributed by atoms with Crippen LogP contribution in [0.3, 0.4) is 0 Å². The van der Waals surface area contributed by atoms with Gasteiger partial charge in [-0.1, -0.05) is 45.4 Å². The zero-order chi connectivity index (χ0) is 54.6. The fourth-order valence-corrected chi connectivity index (χ4v) is 7.93. The molecule has 0 saturated carbocycles. The molecule has 1 fully saturated rings. The number of carbonyl (C=O) groups excluding carboxylic acids is 4. The van der Waals surface area contributed by atoms with Crippen LogP contribution in [0.25, 0.3) is 0 Å². The summed E-state index contributed by atoms with van der Waals surface area (Å²) in [4.78, 5) is 65.5. The summed E-state index contributed by atoms with van der Waals surface area (Å²) in [7, 11) is 1.83. The van der Waals surface area contributed by atoms with E-state index in [0.29, 0.717) is 112 Å². The summed E-state index contributed by atoms with van der Waals surface area (Å²) in [6, 6.07) is -5.18. The van der Waals surface area contributed by atoms with Gasteiger partial charge in [0.2, 0.25) is 23.6 Å². The van der Waals surface area contributed by atoms with Gasteiger partial charge in [0.1, 0.15) is 23.9 Å². The summed E-state index contributed by atoms with van der Waals surface area (Å²) in [5.41, 5.74) is 42.5. The molecular weight excluding hydrogens is 937 g/mol. The lowest BCUT2D eigenvalue weighted by molar-refractivity contribution is -0.126. The summed E-state index contributed by atoms with van der Waals surface area (Å²) in [5.74, 6) is -2.22. The lowest BCUT2D eigenvalue weighted by Crippen LogP contribution is -2.56. The predicted octanol–water partition coefficient (Wildman–Crippen LogP) is -2.16. The predicted molar refractivity (Wildman–Crippen MR) is 287 cm³/mol. The molecule has 1 aromatic heterocycles. The highest BCUT2D eigenvalue weighted by atomic mass is 16.3. The lowest BCUT2D eigenvalue weighted by Gasteiger charge is -2.34. The van der Waals surface area contributed by atoms with E-state index in [1.807, 2.05) is 18.1 Å². The Morgan fingerprint density at radius 2 is 1.51 bits per heavy atom. The van der Waals surface area contributed by atoms with Crippen LogP contribution in [0.1, 0.15) is 83.2 Å². The van der Waals surface area contributed by atoms with E-state index in [-0.39, 0.29) is 49.4 Å². The van der Waals surface area contributed by atoms with E-state index in [1.54, 1.807) is 23.9 Å². The van der Waals surface area contributed by atoms with E-state index < -0.39 is 66.1 Å². The largest absolute Gasteiger partial charge is 0.506 e. The molecule has 4 amide bonds. The van der Waals surface area contributed by atoms with E-state index in [0.717, 1.165) is 12.8 Å². The summed E-state index contributed by atoms with van der Waals surface area (Å²) >= 11 is 0. The summed E-state index contributed by atoms with van der Waals surface area (Å²) in [6.07, 6.45) is 10.2. The molecule has 1 aliphatic heterocycles. The molecule has 0 aliphatic carbocycles. The fraction of sp³-hybridized carbons (Fsp3) is 0.592. The Hall–Kier alpha value is -6.44. The van der Waals surface area contributed by atoms with E-state index in [2.05, 4.69) is 80.1 Å². The molecule has 0 unspecified atom stereocenters. The number of nitrogens with one attached hydrogen (secondary N) is 7. The van der Waals surface area contributed by atoms with Crippen LogP contribution in [0.4, 0.5) is 0 Å². The maximum absolute atomic E-state index is 14.4. The van der Waals surface area contributed by atoms with Crippen molar-refractivity contribution in [2.45, 2.75) is 132 Å². The van der Waals surface area contributed by atoms with Crippen molar-refractivity contribution in [1.29, 1.82) is 0 Å². The van der Waals surface area contributed by atoms with Crippen LogP contribution in [0, 0.1) is 0 Å². The average Bonchev–Trinajstić information content (AvgIpc) is 4.02. The van der Waals surface area contributed by atoms with E-state index in [4.69, 9.17) is 40.1 Å². The quantitative estimate of drug-likeness (QED) is 0.0110. The van der Waals surface area contributed by atoms with Crippen LogP contribution >= 0.6 is 0 Å². The lowest BCUT2D eigenvalue weighted by atomic mass is 10.0. The van der Waals surface area contributed by atoms with Gasteiger partial charge in [-0.2, -0.15) is 0 Å². The minimum Gasteiger partial charge on any atom is -0.506 e. The van der Waals surface area contributed by atoms with Gasteiger partial charge >= 0.3 is 0 Å². The molecule has 410 valence electrons. The number of unbranched alkanes of at least 4 members (excludes halogenated alkanes) is 2. The first kappa shape index (κ1) is 62.7. The Kier molecular flexibility index (Phi) is 28.6. The molecule has 1 aliphatic rings. The third-order valence-electron chi connectivity index (χ3n) is 12.3. The van der Waals surface area contributed by atoms with Gasteiger partial charge in [0.15, 0.2) is 5.96 Å². The molecule has 0 spiro atoms. The Labute approximate surface area is 431 Å². The number of aliphatic imine (C=N–C) groups is 1. The molecule has 1 saturated heterocycles. The van der Waals surface area contributed by atoms with Gasteiger partial charge in [-0.15, -0.1) is 0 Å². The van der Waals surface area contributed by atoms with Gasteiger partial charge in [-0.3, -0.25) is 24.2 Å². The number of likely N-dealkylation sites (tertiary alicyclic amines) is 1. The fourth-order valence-electron chi connectivity index (χ4n) is 7.93. The molecule has 24 heteroatoms. The van der Waals surface area contributed by atoms with Crippen molar-refractivity contribution in [3.8, 4) is 0 Å². The molecule has 0 bridgehead atoms. The molecule has 23 N–H and O–H groups in total. The standard InChI is InChI=1S/C49H88N18O6/c1-30(31(2)62-48(73)45(43(69)26-53)61-32(3)37(54)15-8-10-20-50)58-27-44(70)63-38(17-12-22-52)34(5)67-24-14-19-42(67)47(72)65-41(25-36-28-66(7)29-59-36)33(4)60-40(16-9-11-21-51)46(71)64-39(35(6)68)18-13-23-57-49(55)56/h18,28-29,31,37-38,40-43,45,58,60-61,68-69H,1,3-6,8-17,19-27,50-54H2,2,7H3,(H,62,73)(H,63,70)(H,64,71)(H,65,72)(H4,55,56,57)/b39-18-/t31-,37-,38+,40-,41-,42-,43-,45-/m0/s1. The van der Waals surface area contributed by atoms with Crippen molar-refractivity contribution in [1.82, 2.24) is 51.7 Å². The van der Waals surface area contributed by atoms with Crippen molar-refractivity contribution < 1.29 is 29.4 Å². The number of aliphatic hydroxyl groups is 2. The van der Waals surface area contributed by atoms with Crippen molar-refractivity contribution in [3.05, 3.63) is 91.4 Å². The number of amides is 4. The first-order chi connectivity index (χ1) is 34.7. The van der Waals surface area contributed by atoms with Gasteiger partial charge in [0.25, 0.3) is 0 Å². The second-order valence-corrected chi connectivity index (χ2v) is 18.3. The summed E-state index contributed by atoms with van der Waals surface area (Å²) in [5, 5.41) is 41.8. The number of aliphatic hydroxyl groups excluding tert-OH is 2. The van der Waals surface area contributed by atoms with E-state index >= 15 is 0 Å². The third kappa shape index (κ3) is 22.5. The molecule has 0 aromatic carbocycles. The second-order valence-electron chi connectivity index (χ2n) is 18.3. The van der Waals surface area contributed by atoms with Crippen molar-refractivity contribution in [2.75, 3.05) is 45.8 Å². The van der Waals surface area contributed by atoms with Crippen LogP contribution < -0.4 is 77.4 Å². The number of nitrogens with zero attached hydrogens (tertiary/aromatic N) is 4. The monoisotopic (exact) mass is 1020 g/mol. The van der Waals surface area contributed by atoms with Crippen LogP contribution in [-0.4, -0.2) is 148 Å². The highest BCUT2D eigenvalue weighted by Crippen LogP contribution is 2.26. The number of imidazole rings is 1. The number of nitrogens with two attached hydrogens (primary N) is 7. The Morgan fingerprint density at radius 1 is 0.849 bits per heavy atom. The normalized spacial score (nSPS) is 16.3. The third-order valence-corrected chi connectivity index (χ3v) is 12.3. The molecule has 8 atom stereocenters. The molecule has 24 nitrogen and oxygen atoms in total. The maximum atomic E-state index is 14.4. The summed E-state index contributed by atoms with van der Waals surface area (Å²) < 4.78 is 1.78. The Balaban J connectivity index is 2.22. The zero-order valence-electron chi connectivity index (χ0n) is 43.2. The minimum absolute atomic E-state index is 0.0897. The van der Waals surface area contributed by atoms with Gasteiger partial charge < -0.3 is 97.0 Å². The van der Waals surface area contributed by atoms with Crippen molar-refractivity contribution >= 4 is 29.6 Å². The van der Waals surface area contributed by atoms with Gasteiger partial charge in [0, 0.05) is 68.1 Å². The van der Waals surface area contributed by atoms with Crippen LogP contribution in [-0.2, 0) is 32.6 Å². The van der Waals surface area contributed by atoms with E-state index in [9.17, 15) is 29.4 Å². The van der Waals surface area contributed by atoms with Gasteiger partial charge in [-0.25, -0.2) is 4.98 Å². The molecule has 0 radical (unpaired) electrons. The van der Waals surface area contributed by atoms with Crippen molar-refractivity contribution in [3.63, 3.8) is 0 Å². The Morgan fingerprint density at radius 3 is 2.11 bits per heavy atom.